The largest absolute Gasteiger partial charge is 0.496 e. The topological polar surface area (TPSA) is 43.4 Å². The Labute approximate surface area is 117 Å². The fraction of sp³-hybridized carbons (Fsp3) is 0.214. The molecule has 4 nitrogen and oxygen atoms in total. The Hall–Kier alpha value is -1.94. The molecule has 0 aliphatic heterocycles. The summed E-state index contributed by atoms with van der Waals surface area (Å²) in [5.41, 5.74) is 0.888. The van der Waals surface area contributed by atoms with Gasteiger partial charge in [0.15, 0.2) is 11.6 Å². The number of methoxy groups -OCH3 is 2. The second kappa shape index (κ2) is 6.29. The number of nitrogens with one attached hydrogen (secondary N) is 1. The summed E-state index contributed by atoms with van der Waals surface area (Å²) < 4.78 is 10.5. The smallest absolute Gasteiger partial charge is 0.169 e. The zero-order chi connectivity index (χ0) is 13.7. The van der Waals surface area contributed by atoms with Crippen molar-refractivity contribution in [1.82, 2.24) is 4.98 Å². The molecule has 1 aromatic heterocycles. The highest BCUT2D eigenvalue weighted by Gasteiger charge is 2.09. The van der Waals surface area contributed by atoms with Gasteiger partial charge in [0.25, 0.3) is 0 Å². The van der Waals surface area contributed by atoms with Crippen molar-refractivity contribution in [3.63, 3.8) is 0 Å². The molecule has 0 saturated carbocycles. The lowest BCUT2D eigenvalue weighted by molar-refractivity contribution is 0.409. The van der Waals surface area contributed by atoms with Crippen LogP contribution < -0.4 is 14.8 Å². The molecule has 0 radical (unpaired) electrons. The molecule has 0 saturated heterocycles. The van der Waals surface area contributed by atoms with Crippen molar-refractivity contribution in [1.29, 1.82) is 0 Å². The number of hydrogen-bond donors (Lipinski definition) is 1. The molecule has 0 atom stereocenters. The zero-order valence-corrected chi connectivity index (χ0v) is 11.6. The van der Waals surface area contributed by atoms with Gasteiger partial charge in [-0.25, -0.2) is 4.98 Å². The van der Waals surface area contributed by atoms with Crippen molar-refractivity contribution in [2.45, 2.75) is 6.54 Å². The maximum absolute atomic E-state index is 6.18. The molecule has 0 bridgehead atoms. The van der Waals surface area contributed by atoms with Gasteiger partial charge < -0.3 is 14.8 Å². The van der Waals surface area contributed by atoms with Crippen LogP contribution in [0.15, 0.2) is 36.5 Å². The summed E-state index contributed by atoms with van der Waals surface area (Å²) in [4.78, 5) is 4.23. The normalized spacial score (nSPS) is 10.1. The van der Waals surface area contributed by atoms with Crippen LogP contribution in [0.1, 0.15) is 5.56 Å². The Bertz CT molecular complexity index is 561. The van der Waals surface area contributed by atoms with Gasteiger partial charge >= 0.3 is 0 Å². The van der Waals surface area contributed by atoms with E-state index < -0.39 is 0 Å². The molecule has 1 aromatic carbocycles. The van der Waals surface area contributed by atoms with Crippen LogP contribution in [0.3, 0.4) is 0 Å². The average Bonchev–Trinajstić information content (AvgIpc) is 2.46. The van der Waals surface area contributed by atoms with Crippen LogP contribution in [0.2, 0.25) is 5.02 Å². The fourth-order valence-corrected chi connectivity index (χ4v) is 1.99. The third-order valence-corrected chi connectivity index (χ3v) is 3.07. The highest BCUT2D eigenvalue weighted by molar-refractivity contribution is 6.31. The summed E-state index contributed by atoms with van der Waals surface area (Å²) in [5, 5.41) is 3.85. The number of hydrogen-bond acceptors (Lipinski definition) is 4. The van der Waals surface area contributed by atoms with Crippen LogP contribution >= 0.6 is 11.6 Å². The summed E-state index contributed by atoms with van der Waals surface area (Å²) in [6.07, 6.45) is 1.70. The van der Waals surface area contributed by atoms with Crippen LogP contribution in [0.25, 0.3) is 0 Å². The maximum atomic E-state index is 6.18. The van der Waals surface area contributed by atoms with Crippen LogP contribution in [0.5, 0.6) is 11.5 Å². The molecule has 0 unspecified atom stereocenters. The average molecular weight is 279 g/mol. The number of pyridine rings is 1. The second-order valence-electron chi connectivity index (χ2n) is 3.83. The van der Waals surface area contributed by atoms with E-state index in [1.165, 1.54) is 0 Å². The molecule has 19 heavy (non-hydrogen) atoms. The van der Waals surface area contributed by atoms with Gasteiger partial charge in [0, 0.05) is 23.3 Å². The lowest BCUT2D eigenvalue weighted by Crippen LogP contribution is -2.05. The van der Waals surface area contributed by atoms with E-state index in [4.69, 9.17) is 21.1 Å². The van der Waals surface area contributed by atoms with Gasteiger partial charge in [-0.15, -0.1) is 0 Å². The third kappa shape index (κ3) is 3.09. The van der Waals surface area contributed by atoms with Gasteiger partial charge in [0.1, 0.15) is 5.75 Å². The number of ether oxygens (including phenoxy) is 2. The molecular weight excluding hydrogens is 264 g/mol. The Morgan fingerprint density at radius 1 is 1.11 bits per heavy atom. The summed E-state index contributed by atoms with van der Waals surface area (Å²) >= 11 is 6.18. The maximum Gasteiger partial charge on any atom is 0.169 e. The first-order valence-electron chi connectivity index (χ1n) is 5.80. The minimum Gasteiger partial charge on any atom is -0.496 e. The monoisotopic (exact) mass is 278 g/mol. The van der Waals surface area contributed by atoms with E-state index >= 15 is 0 Å². The molecule has 0 fully saturated rings. The van der Waals surface area contributed by atoms with Crippen LogP contribution in [0, 0.1) is 0 Å². The number of aromatic nitrogens is 1. The third-order valence-electron chi connectivity index (χ3n) is 2.72. The van der Waals surface area contributed by atoms with E-state index in [0.29, 0.717) is 23.1 Å². The van der Waals surface area contributed by atoms with E-state index in [9.17, 15) is 0 Å². The molecular formula is C14H15ClN2O2. The van der Waals surface area contributed by atoms with Gasteiger partial charge in [-0.3, -0.25) is 0 Å². The predicted molar refractivity (Wildman–Crippen MR) is 76.1 cm³/mol. The van der Waals surface area contributed by atoms with Crippen molar-refractivity contribution in [3.05, 3.63) is 47.1 Å². The van der Waals surface area contributed by atoms with Gasteiger partial charge in [0.2, 0.25) is 0 Å². The molecule has 2 aromatic rings. The molecule has 1 heterocycles. The Kier molecular flexibility index (Phi) is 4.47. The first-order chi connectivity index (χ1) is 9.26. The van der Waals surface area contributed by atoms with Gasteiger partial charge in [-0.2, -0.15) is 0 Å². The van der Waals surface area contributed by atoms with Crippen molar-refractivity contribution in [2.24, 2.45) is 0 Å². The van der Waals surface area contributed by atoms with Gasteiger partial charge in [0.05, 0.1) is 14.2 Å². The molecule has 100 valence electrons. The standard InChI is InChI=1S/C14H15ClN2O2/c1-18-12-6-3-5-11(15)10(12)9-17-14-13(19-2)7-4-8-16-14/h3-8H,9H2,1-2H3,(H,16,17). The molecule has 1 N–H and O–H groups in total. The number of benzene rings is 1. The number of rotatable bonds is 5. The van der Waals surface area contributed by atoms with E-state index in [1.54, 1.807) is 20.4 Å². The Morgan fingerprint density at radius 3 is 2.58 bits per heavy atom. The summed E-state index contributed by atoms with van der Waals surface area (Å²) in [6.45, 7) is 0.510. The highest BCUT2D eigenvalue weighted by Crippen LogP contribution is 2.28. The molecule has 2 rings (SSSR count). The van der Waals surface area contributed by atoms with Crippen LogP contribution in [-0.2, 0) is 6.54 Å². The van der Waals surface area contributed by atoms with E-state index in [1.807, 2.05) is 30.3 Å². The summed E-state index contributed by atoms with van der Waals surface area (Å²) in [6, 6.07) is 9.22. The van der Waals surface area contributed by atoms with Crippen molar-refractivity contribution in [2.75, 3.05) is 19.5 Å². The quantitative estimate of drug-likeness (QED) is 0.911. The van der Waals surface area contributed by atoms with Crippen LogP contribution in [0.4, 0.5) is 5.82 Å². The highest BCUT2D eigenvalue weighted by atomic mass is 35.5. The second-order valence-corrected chi connectivity index (χ2v) is 4.24. The van der Waals surface area contributed by atoms with Gasteiger partial charge in [-0.05, 0) is 24.3 Å². The van der Waals surface area contributed by atoms with E-state index in [0.717, 1.165) is 11.3 Å². The number of halogens is 1. The Morgan fingerprint density at radius 2 is 1.84 bits per heavy atom. The molecule has 0 spiro atoms. The molecule has 0 aliphatic rings. The summed E-state index contributed by atoms with van der Waals surface area (Å²) in [5.74, 6) is 2.11. The first-order valence-corrected chi connectivity index (χ1v) is 6.18. The molecule has 0 aliphatic carbocycles. The van der Waals surface area contributed by atoms with Crippen molar-refractivity contribution < 1.29 is 9.47 Å². The minimum atomic E-state index is 0.510. The SMILES string of the molecule is COc1cccnc1NCc1c(Cl)cccc1OC. The lowest BCUT2D eigenvalue weighted by Gasteiger charge is -2.13. The van der Waals surface area contributed by atoms with Crippen molar-refractivity contribution >= 4 is 17.4 Å². The summed E-state index contributed by atoms with van der Waals surface area (Å²) in [7, 11) is 3.23. The first kappa shape index (κ1) is 13.5. The number of nitrogens with zero attached hydrogens (tertiary/aromatic N) is 1. The van der Waals surface area contributed by atoms with Crippen molar-refractivity contribution in [3.8, 4) is 11.5 Å². The van der Waals surface area contributed by atoms with E-state index in [-0.39, 0.29) is 0 Å². The minimum absolute atomic E-state index is 0.510. The van der Waals surface area contributed by atoms with Crippen LogP contribution in [-0.4, -0.2) is 19.2 Å². The van der Waals surface area contributed by atoms with E-state index in [2.05, 4.69) is 10.3 Å². The molecule has 0 amide bonds. The zero-order valence-electron chi connectivity index (χ0n) is 10.8. The lowest BCUT2D eigenvalue weighted by atomic mass is 10.2. The Balaban J connectivity index is 2.19. The van der Waals surface area contributed by atoms with Gasteiger partial charge in [-0.1, -0.05) is 17.7 Å². The predicted octanol–water partition coefficient (Wildman–Crippen LogP) is 3.36. The molecule has 5 heteroatoms. The fourth-order valence-electron chi connectivity index (χ4n) is 1.76. The number of anilines is 1.